The molecule has 1 heterocycles. The van der Waals surface area contributed by atoms with Gasteiger partial charge in [0.1, 0.15) is 0 Å². The first-order valence-electron chi connectivity index (χ1n) is 3.41. The summed E-state index contributed by atoms with van der Waals surface area (Å²) in [6.45, 7) is 6.07. The molecular formula is C8H11N2Y-. The van der Waals surface area contributed by atoms with Gasteiger partial charge in [0.05, 0.1) is 0 Å². The summed E-state index contributed by atoms with van der Waals surface area (Å²) in [4.78, 5) is 8.17. The van der Waals surface area contributed by atoms with Crippen molar-refractivity contribution in [1.29, 1.82) is 0 Å². The average Bonchev–Trinajstić information content (AvgIpc) is 1.88. The maximum absolute atomic E-state index is 4.09. The largest absolute Gasteiger partial charge is 0.452 e. The van der Waals surface area contributed by atoms with Gasteiger partial charge >= 0.3 is 0 Å². The van der Waals surface area contributed by atoms with Gasteiger partial charge in [-0.3, -0.25) is 4.98 Å². The van der Waals surface area contributed by atoms with Crippen LogP contribution in [0, 0.1) is 13.1 Å². The fraction of sp³-hybridized carbons (Fsp3) is 0.500. The van der Waals surface area contributed by atoms with Gasteiger partial charge in [-0.15, -0.1) is 6.20 Å². The molecule has 1 radical (unpaired) electrons. The van der Waals surface area contributed by atoms with Crippen LogP contribution in [-0.4, -0.2) is 9.97 Å². The SMILES string of the molecule is Cc1[c-]nc(C(C)C)cn1.[Y]. The van der Waals surface area contributed by atoms with Gasteiger partial charge in [0.25, 0.3) is 0 Å². The van der Waals surface area contributed by atoms with E-state index >= 15 is 0 Å². The molecule has 0 aliphatic carbocycles. The smallest absolute Gasteiger partial charge is 0 e. The molecule has 0 aliphatic rings. The molecule has 0 amide bonds. The summed E-state index contributed by atoms with van der Waals surface area (Å²) in [5.74, 6) is 0.448. The van der Waals surface area contributed by atoms with Crippen LogP contribution >= 0.6 is 0 Å². The van der Waals surface area contributed by atoms with Gasteiger partial charge in [-0.2, -0.15) is 0 Å². The molecular weight excluding hydrogens is 213 g/mol. The zero-order chi connectivity index (χ0) is 7.56. The van der Waals surface area contributed by atoms with Gasteiger partial charge < -0.3 is 4.98 Å². The zero-order valence-electron chi connectivity index (χ0n) is 7.13. The predicted molar refractivity (Wildman–Crippen MR) is 39.7 cm³/mol. The van der Waals surface area contributed by atoms with Gasteiger partial charge in [0.15, 0.2) is 0 Å². The minimum absolute atomic E-state index is 0. The summed E-state index contributed by atoms with van der Waals surface area (Å²) >= 11 is 0. The van der Waals surface area contributed by atoms with Crippen LogP contribution in [0.4, 0.5) is 0 Å². The van der Waals surface area contributed by atoms with E-state index in [-0.39, 0.29) is 32.7 Å². The molecule has 3 heteroatoms. The summed E-state index contributed by atoms with van der Waals surface area (Å²) in [6, 6.07) is 0. The van der Waals surface area contributed by atoms with Gasteiger partial charge in [0, 0.05) is 32.7 Å². The molecule has 1 aromatic rings. The first-order chi connectivity index (χ1) is 4.70. The topological polar surface area (TPSA) is 25.8 Å². The van der Waals surface area contributed by atoms with Crippen molar-refractivity contribution in [3.05, 3.63) is 23.8 Å². The van der Waals surface area contributed by atoms with Crippen LogP contribution in [0.25, 0.3) is 0 Å². The standard InChI is InChI=1S/C8H11N2.Y/c1-6(2)8-5-9-7(3)4-10-8;/h5-6H,1-3H3;/q-1;. The first-order valence-corrected chi connectivity index (χ1v) is 3.41. The summed E-state index contributed by atoms with van der Waals surface area (Å²) in [5.41, 5.74) is 1.86. The van der Waals surface area contributed by atoms with E-state index in [2.05, 4.69) is 30.0 Å². The normalized spacial score (nSPS) is 9.45. The van der Waals surface area contributed by atoms with Crippen molar-refractivity contribution in [1.82, 2.24) is 9.97 Å². The van der Waals surface area contributed by atoms with Crippen molar-refractivity contribution in [2.45, 2.75) is 26.7 Å². The number of rotatable bonds is 1. The number of nitrogens with zero attached hydrogens (tertiary/aromatic N) is 2. The predicted octanol–water partition coefficient (Wildman–Crippen LogP) is 1.71. The van der Waals surface area contributed by atoms with Crippen LogP contribution < -0.4 is 0 Å². The molecule has 0 aliphatic heterocycles. The first kappa shape index (κ1) is 11.2. The van der Waals surface area contributed by atoms with E-state index in [1.807, 2.05) is 6.92 Å². The molecule has 0 aromatic carbocycles. The Bertz CT molecular complexity index is 206. The van der Waals surface area contributed by atoms with E-state index in [0.717, 1.165) is 11.4 Å². The maximum Gasteiger partial charge on any atom is 0 e. The minimum atomic E-state index is 0. The number of aromatic nitrogens is 2. The monoisotopic (exact) mass is 224 g/mol. The summed E-state index contributed by atoms with van der Waals surface area (Å²) in [7, 11) is 0. The second-order valence-corrected chi connectivity index (χ2v) is 2.65. The molecule has 0 saturated heterocycles. The molecule has 0 N–H and O–H groups in total. The van der Waals surface area contributed by atoms with Crippen molar-refractivity contribution in [3.8, 4) is 0 Å². The Labute approximate surface area is 92.7 Å². The molecule has 0 saturated carbocycles. The van der Waals surface area contributed by atoms with E-state index in [1.54, 1.807) is 6.20 Å². The third kappa shape index (κ3) is 3.39. The second kappa shape index (κ2) is 4.94. The van der Waals surface area contributed by atoms with E-state index in [4.69, 9.17) is 0 Å². The Morgan fingerprint density at radius 1 is 1.45 bits per heavy atom. The Hall–Kier alpha value is 0.184. The van der Waals surface area contributed by atoms with Crippen LogP contribution in [0.1, 0.15) is 31.2 Å². The van der Waals surface area contributed by atoms with E-state index in [1.165, 1.54) is 0 Å². The molecule has 1 rings (SSSR count). The van der Waals surface area contributed by atoms with Crippen molar-refractivity contribution in [3.63, 3.8) is 0 Å². The van der Waals surface area contributed by atoms with Crippen LogP contribution in [0.3, 0.4) is 0 Å². The van der Waals surface area contributed by atoms with Crippen molar-refractivity contribution >= 4 is 0 Å². The molecule has 57 valence electrons. The average molecular weight is 224 g/mol. The van der Waals surface area contributed by atoms with Crippen LogP contribution in [-0.2, 0) is 32.7 Å². The second-order valence-electron chi connectivity index (χ2n) is 2.65. The fourth-order valence-corrected chi connectivity index (χ4v) is 0.644. The molecule has 0 spiro atoms. The fourth-order valence-electron chi connectivity index (χ4n) is 0.644. The van der Waals surface area contributed by atoms with E-state index in [0.29, 0.717) is 5.92 Å². The quantitative estimate of drug-likeness (QED) is 0.678. The van der Waals surface area contributed by atoms with Crippen molar-refractivity contribution in [2.75, 3.05) is 0 Å². The molecule has 0 unspecified atom stereocenters. The van der Waals surface area contributed by atoms with Gasteiger partial charge in [-0.05, 0) is 18.8 Å². The van der Waals surface area contributed by atoms with Crippen LogP contribution in [0.5, 0.6) is 0 Å². The van der Waals surface area contributed by atoms with E-state index in [9.17, 15) is 0 Å². The number of aryl methyl sites for hydroxylation is 1. The summed E-state index contributed by atoms with van der Waals surface area (Å²) in [5, 5.41) is 0. The van der Waals surface area contributed by atoms with Gasteiger partial charge in [-0.1, -0.05) is 25.5 Å². The molecule has 0 fully saturated rings. The Balaban J connectivity index is 0.000001000. The van der Waals surface area contributed by atoms with Crippen LogP contribution in [0.2, 0.25) is 0 Å². The summed E-state index contributed by atoms with van der Waals surface area (Å²) in [6.07, 6.45) is 4.62. The Morgan fingerprint density at radius 2 is 2.09 bits per heavy atom. The Morgan fingerprint density at radius 3 is 2.45 bits per heavy atom. The van der Waals surface area contributed by atoms with E-state index < -0.39 is 0 Å². The van der Waals surface area contributed by atoms with Crippen molar-refractivity contribution < 1.29 is 32.7 Å². The number of hydrogen-bond acceptors (Lipinski definition) is 2. The zero-order valence-corrected chi connectivity index (χ0v) is 9.96. The van der Waals surface area contributed by atoms with Crippen molar-refractivity contribution in [2.24, 2.45) is 0 Å². The molecule has 0 atom stereocenters. The molecule has 1 aromatic heterocycles. The number of hydrogen-bond donors (Lipinski definition) is 0. The maximum atomic E-state index is 4.09. The summed E-state index contributed by atoms with van der Waals surface area (Å²) < 4.78 is 0. The van der Waals surface area contributed by atoms with Gasteiger partial charge in [-0.25, -0.2) is 0 Å². The Kier molecular flexibility index (Phi) is 5.02. The minimum Gasteiger partial charge on any atom is -0.452 e. The van der Waals surface area contributed by atoms with Gasteiger partial charge in [0.2, 0.25) is 0 Å². The van der Waals surface area contributed by atoms with Crippen LogP contribution in [0.15, 0.2) is 6.20 Å². The molecule has 0 bridgehead atoms. The molecule has 2 nitrogen and oxygen atoms in total. The molecule has 11 heavy (non-hydrogen) atoms. The third-order valence-electron chi connectivity index (χ3n) is 1.33. The third-order valence-corrected chi connectivity index (χ3v) is 1.33.